The minimum absolute atomic E-state index is 0.0985. The van der Waals surface area contributed by atoms with Crippen LogP contribution in [0.4, 0.5) is 14.5 Å². The summed E-state index contributed by atoms with van der Waals surface area (Å²) in [6, 6.07) is 11.0. The van der Waals surface area contributed by atoms with Crippen LogP contribution in [0.1, 0.15) is 25.3 Å². The molecule has 0 spiro atoms. The third kappa shape index (κ3) is 4.08. The lowest BCUT2D eigenvalue weighted by atomic mass is 10.2. The van der Waals surface area contributed by atoms with E-state index in [0.29, 0.717) is 12.4 Å². The maximum absolute atomic E-state index is 13.0. The molecule has 5 heteroatoms. The fourth-order valence-electron chi connectivity index (χ4n) is 1.78. The highest BCUT2D eigenvalue weighted by Crippen LogP contribution is 2.34. The molecule has 2 aromatic carbocycles. The van der Waals surface area contributed by atoms with Crippen LogP contribution in [0.15, 0.2) is 42.5 Å². The molecule has 21 heavy (non-hydrogen) atoms. The van der Waals surface area contributed by atoms with Gasteiger partial charge in [0.15, 0.2) is 0 Å². The molecule has 0 aliphatic rings. The predicted octanol–water partition coefficient (Wildman–Crippen LogP) is 4.79. The van der Waals surface area contributed by atoms with Gasteiger partial charge in [-0.2, -0.15) is 0 Å². The van der Waals surface area contributed by atoms with Crippen molar-refractivity contribution in [1.82, 2.24) is 0 Å². The minimum atomic E-state index is -2.64. The number of alkyl halides is 2. The molecule has 0 fully saturated rings. The van der Waals surface area contributed by atoms with Crippen LogP contribution < -0.4 is 15.2 Å². The van der Waals surface area contributed by atoms with Gasteiger partial charge in [0.1, 0.15) is 17.2 Å². The Morgan fingerprint density at radius 2 is 1.71 bits per heavy atom. The summed E-state index contributed by atoms with van der Waals surface area (Å²) in [6.07, 6.45) is -1.72. The first-order chi connectivity index (χ1) is 10.1. The van der Waals surface area contributed by atoms with E-state index in [-0.39, 0.29) is 17.0 Å². The number of nitrogen functional groups attached to an aromatic ring is 1. The number of benzene rings is 2. The molecule has 0 aliphatic heterocycles. The van der Waals surface area contributed by atoms with E-state index < -0.39 is 6.43 Å². The highest BCUT2D eigenvalue weighted by atomic mass is 19.3. The molecule has 0 aromatic heterocycles. The second-order valence-corrected chi connectivity index (χ2v) is 4.52. The van der Waals surface area contributed by atoms with E-state index in [2.05, 4.69) is 0 Å². The molecule has 0 amide bonds. The lowest BCUT2D eigenvalue weighted by Gasteiger charge is -2.12. The van der Waals surface area contributed by atoms with Gasteiger partial charge >= 0.3 is 0 Å². The Hall–Kier alpha value is -2.30. The number of rotatable bonds is 6. The van der Waals surface area contributed by atoms with Crippen molar-refractivity contribution in [3.05, 3.63) is 48.0 Å². The van der Waals surface area contributed by atoms with E-state index in [1.54, 1.807) is 24.3 Å². The topological polar surface area (TPSA) is 44.5 Å². The first-order valence-corrected chi connectivity index (χ1v) is 6.68. The highest BCUT2D eigenvalue weighted by molar-refractivity contribution is 5.49. The van der Waals surface area contributed by atoms with Gasteiger partial charge in [-0.25, -0.2) is 8.78 Å². The Bertz CT molecular complexity index is 585. The maximum Gasteiger partial charge on any atom is 0.267 e. The fraction of sp³-hybridized carbons (Fsp3) is 0.250. The van der Waals surface area contributed by atoms with Crippen LogP contribution in [-0.2, 0) is 0 Å². The molecule has 0 bridgehead atoms. The molecule has 3 nitrogen and oxygen atoms in total. The molecule has 0 radical (unpaired) electrons. The number of nitrogens with two attached hydrogens (primary N) is 1. The normalized spacial score (nSPS) is 10.7. The number of ether oxygens (including phenoxy) is 2. The van der Waals surface area contributed by atoms with Gasteiger partial charge in [-0.1, -0.05) is 6.92 Å². The van der Waals surface area contributed by atoms with Gasteiger partial charge in [-0.05, 0) is 48.9 Å². The van der Waals surface area contributed by atoms with E-state index in [9.17, 15) is 8.78 Å². The molecule has 0 aliphatic carbocycles. The minimum Gasteiger partial charge on any atom is -0.494 e. The van der Waals surface area contributed by atoms with Gasteiger partial charge in [0.05, 0.1) is 12.2 Å². The van der Waals surface area contributed by atoms with Gasteiger partial charge in [0.2, 0.25) is 0 Å². The van der Waals surface area contributed by atoms with E-state index >= 15 is 0 Å². The molecule has 0 atom stereocenters. The Kier molecular flexibility index (Phi) is 4.98. The summed E-state index contributed by atoms with van der Waals surface area (Å²) in [6.45, 7) is 2.65. The third-order valence-corrected chi connectivity index (χ3v) is 2.79. The predicted molar refractivity (Wildman–Crippen MR) is 78.1 cm³/mol. The number of hydrogen-bond donors (Lipinski definition) is 1. The third-order valence-electron chi connectivity index (χ3n) is 2.79. The molecule has 0 saturated heterocycles. The Morgan fingerprint density at radius 1 is 1.05 bits per heavy atom. The van der Waals surface area contributed by atoms with Crippen LogP contribution in [0, 0.1) is 0 Å². The molecule has 0 unspecified atom stereocenters. The largest absolute Gasteiger partial charge is 0.494 e. The van der Waals surface area contributed by atoms with E-state index in [1.165, 1.54) is 18.2 Å². The zero-order chi connectivity index (χ0) is 15.2. The molecule has 2 N–H and O–H groups in total. The second kappa shape index (κ2) is 6.92. The van der Waals surface area contributed by atoms with Crippen LogP contribution >= 0.6 is 0 Å². The molecule has 2 aromatic rings. The van der Waals surface area contributed by atoms with Crippen LogP contribution in [0.5, 0.6) is 17.2 Å². The summed E-state index contributed by atoms with van der Waals surface area (Å²) >= 11 is 0. The van der Waals surface area contributed by atoms with Crippen molar-refractivity contribution in [3.8, 4) is 17.2 Å². The summed E-state index contributed by atoms with van der Waals surface area (Å²) < 4.78 is 36.9. The lowest BCUT2D eigenvalue weighted by molar-refractivity contribution is 0.148. The first kappa shape index (κ1) is 15.1. The quantitative estimate of drug-likeness (QED) is 0.779. The van der Waals surface area contributed by atoms with Crippen molar-refractivity contribution in [2.45, 2.75) is 19.8 Å². The van der Waals surface area contributed by atoms with E-state index in [0.717, 1.165) is 12.2 Å². The Labute approximate surface area is 122 Å². The van der Waals surface area contributed by atoms with E-state index in [1.807, 2.05) is 6.92 Å². The smallest absolute Gasteiger partial charge is 0.267 e. The molecular weight excluding hydrogens is 276 g/mol. The maximum atomic E-state index is 13.0. The van der Waals surface area contributed by atoms with Gasteiger partial charge in [0.25, 0.3) is 6.43 Å². The van der Waals surface area contributed by atoms with Crippen molar-refractivity contribution in [2.24, 2.45) is 0 Å². The first-order valence-electron chi connectivity index (χ1n) is 6.68. The lowest BCUT2D eigenvalue weighted by Crippen LogP contribution is -1.96. The Morgan fingerprint density at radius 3 is 2.33 bits per heavy atom. The SMILES string of the molecule is CCCOc1ccc(Oc2ccc(N)cc2C(F)F)cc1. The van der Waals surface area contributed by atoms with Gasteiger partial charge in [-0.15, -0.1) is 0 Å². The standard InChI is InChI=1S/C16H17F2NO2/c1-2-9-20-12-4-6-13(7-5-12)21-15-8-3-11(19)10-14(15)16(17)18/h3-8,10,16H,2,9,19H2,1H3. The van der Waals surface area contributed by atoms with Gasteiger partial charge in [-0.3, -0.25) is 0 Å². The second-order valence-electron chi connectivity index (χ2n) is 4.52. The molecular formula is C16H17F2NO2. The van der Waals surface area contributed by atoms with Crippen LogP contribution in [0.2, 0.25) is 0 Å². The van der Waals surface area contributed by atoms with Crippen LogP contribution in [0.25, 0.3) is 0 Å². The van der Waals surface area contributed by atoms with E-state index in [4.69, 9.17) is 15.2 Å². The summed E-state index contributed by atoms with van der Waals surface area (Å²) in [5.74, 6) is 1.28. The summed E-state index contributed by atoms with van der Waals surface area (Å²) in [4.78, 5) is 0. The van der Waals surface area contributed by atoms with Gasteiger partial charge in [0, 0.05) is 5.69 Å². The summed E-state index contributed by atoms with van der Waals surface area (Å²) in [7, 11) is 0. The van der Waals surface area contributed by atoms with Crippen LogP contribution in [-0.4, -0.2) is 6.61 Å². The summed E-state index contributed by atoms with van der Waals surface area (Å²) in [5.41, 5.74) is 5.58. The average molecular weight is 293 g/mol. The van der Waals surface area contributed by atoms with Gasteiger partial charge < -0.3 is 15.2 Å². The van der Waals surface area contributed by atoms with Crippen molar-refractivity contribution in [3.63, 3.8) is 0 Å². The number of halogens is 2. The summed E-state index contributed by atoms with van der Waals surface area (Å²) in [5, 5.41) is 0. The van der Waals surface area contributed by atoms with Crippen molar-refractivity contribution >= 4 is 5.69 Å². The zero-order valence-corrected chi connectivity index (χ0v) is 11.7. The number of hydrogen-bond acceptors (Lipinski definition) is 3. The van der Waals surface area contributed by atoms with Crippen molar-refractivity contribution < 1.29 is 18.3 Å². The van der Waals surface area contributed by atoms with Crippen LogP contribution in [0.3, 0.4) is 0 Å². The monoisotopic (exact) mass is 293 g/mol. The average Bonchev–Trinajstić information content (AvgIpc) is 2.48. The fourth-order valence-corrected chi connectivity index (χ4v) is 1.78. The zero-order valence-electron chi connectivity index (χ0n) is 11.7. The molecule has 112 valence electrons. The Balaban J connectivity index is 2.14. The molecule has 0 heterocycles. The molecule has 2 rings (SSSR count). The number of anilines is 1. The van der Waals surface area contributed by atoms with Crippen molar-refractivity contribution in [1.29, 1.82) is 0 Å². The highest BCUT2D eigenvalue weighted by Gasteiger charge is 2.15. The molecule has 0 saturated carbocycles. The van der Waals surface area contributed by atoms with Crippen molar-refractivity contribution in [2.75, 3.05) is 12.3 Å².